The number of piperidine rings is 1. The fraction of sp³-hybridized carbons (Fsp3) is 0.526. The van der Waals surface area contributed by atoms with Crippen molar-refractivity contribution < 1.29 is 14.3 Å². The number of carbonyl (C=O) groups is 2. The largest absolute Gasteiger partial charge is 0.496 e. The highest BCUT2D eigenvalue weighted by atomic mass is 16.5. The molecular formula is C19H25N3O3. The summed E-state index contributed by atoms with van der Waals surface area (Å²) < 4.78 is 5.43. The lowest BCUT2D eigenvalue weighted by atomic mass is 9.89. The predicted octanol–water partition coefficient (Wildman–Crippen LogP) is 2.08. The van der Waals surface area contributed by atoms with Crippen LogP contribution in [0.15, 0.2) is 29.4 Å². The van der Waals surface area contributed by atoms with Crippen molar-refractivity contribution in [1.82, 2.24) is 9.91 Å². The van der Waals surface area contributed by atoms with E-state index >= 15 is 0 Å². The lowest BCUT2D eigenvalue weighted by Crippen LogP contribution is -2.44. The minimum Gasteiger partial charge on any atom is -0.496 e. The molecule has 6 nitrogen and oxygen atoms in total. The molecule has 0 saturated carbocycles. The first-order valence-electron chi connectivity index (χ1n) is 8.83. The number of benzene rings is 1. The first kappa shape index (κ1) is 17.5. The van der Waals surface area contributed by atoms with Crippen LogP contribution in [0.4, 0.5) is 0 Å². The third-order valence-corrected chi connectivity index (χ3v) is 5.06. The van der Waals surface area contributed by atoms with Crippen LogP contribution < -0.4 is 4.74 Å². The summed E-state index contributed by atoms with van der Waals surface area (Å²) in [4.78, 5) is 26.0. The predicted molar refractivity (Wildman–Crippen MR) is 95.4 cm³/mol. The zero-order valence-electron chi connectivity index (χ0n) is 14.9. The van der Waals surface area contributed by atoms with Crippen LogP contribution in [0.2, 0.25) is 0 Å². The van der Waals surface area contributed by atoms with Crippen molar-refractivity contribution in [2.24, 2.45) is 11.0 Å². The van der Waals surface area contributed by atoms with Crippen LogP contribution in [0.1, 0.15) is 31.2 Å². The Morgan fingerprint density at radius 2 is 1.96 bits per heavy atom. The molecule has 2 aliphatic heterocycles. The van der Waals surface area contributed by atoms with Gasteiger partial charge in [-0.25, -0.2) is 5.01 Å². The molecular weight excluding hydrogens is 318 g/mol. The van der Waals surface area contributed by atoms with Gasteiger partial charge in [-0.1, -0.05) is 18.2 Å². The van der Waals surface area contributed by atoms with Crippen molar-refractivity contribution in [2.75, 3.05) is 27.2 Å². The minimum absolute atomic E-state index is 0.0184. The van der Waals surface area contributed by atoms with E-state index in [0.29, 0.717) is 24.5 Å². The van der Waals surface area contributed by atoms with Crippen LogP contribution in [-0.2, 0) is 16.0 Å². The number of methoxy groups -OCH3 is 1. The number of hydrogen-bond acceptors (Lipinski definition) is 4. The van der Waals surface area contributed by atoms with Gasteiger partial charge in [-0.15, -0.1) is 0 Å². The Hall–Kier alpha value is -2.37. The number of nitrogens with zero attached hydrogens (tertiary/aromatic N) is 3. The Labute approximate surface area is 148 Å². The maximum Gasteiger partial charge on any atom is 0.270 e. The van der Waals surface area contributed by atoms with E-state index in [2.05, 4.69) is 11.2 Å². The zero-order valence-corrected chi connectivity index (χ0v) is 14.9. The summed E-state index contributed by atoms with van der Waals surface area (Å²) in [6, 6.07) is 8.12. The molecule has 0 aliphatic carbocycles. The van der Waals surface area contributed by atoms with Gasteiger partial charge in [0.1, 0.15) is 11.5 Å². The summed E-state index contributed by atoms with van der Waals surface area (Å²) in [6.45, 7) is 1.49. The summed E-state index contributed by atoms with van der Waals surface area (Å²) in [5, 5.41) is 5.42. The Morgan fingerprint density at radius 1 is 1.24 bits per heavy atom. The summed E-state index contributed by atoms with van der Waals surface area (Å²) in [5.41, 5.74) is 1.73. The monoisotopic (exact) mass is 343 g/mol. The third kappa shape index (κ3) is 4.00. The number of para-hydroxylation sites is 1. The summed E-state index contributed by atoms with van der Waals surface area (Å²) >= 11 is 0. The van der Waals surface area contributed by atoms with Crippen LogP contribution in [0.25, 0.3) is 0 Å². The number of ether oxygens (including phenoxy) is 1. The number of carbonyl (C=O) groups excluding carboxylic acids is 2. The van der Waals surface area contributed by atoms with Crippen molar-refractivity contribution in [2.45, 2.75) is 32.1 Å². The SMILES string of the molecule is COc1ccccc1CC1CCN(C(=O)C2=NN(C)C(=O)CC2)CC1. The molecule has 134 valence electrons. The molecule has 1 fully saturated rings. The van der Waals surface area contributed by atoms with E-state index in [1.807, 2.05) is 23.1 Å². The van der Waals surface area contributed by atoms with Gasteiger partial charge in [0.15, 0.2) is 0 Å². The van der Waals surface area contributed by atoms with E-state index in [1.165, 1.54) is 10.6 Å². The molecule has 1 saturated heterocycles. The Morgan fingerprint density at radius 3 is 2.64 bits per heavy atom. The number of likely N-dealkylation sites (tertiary alicyclic amines) is 1. The normalized spacial score (nSPS) is 19.0. The second-order valence-corrected chi connectivity index (χ2v) is 6.72. The van der Waals surface area contributed by atoms with Crippen molar-refractivity contribution >= 4 is 17.5 Å². The molecule has 3 rings (SSSR count). The molecule has 0 radical (unpaired) electrons. The quantitative estimate of drug-likeness (QED) is 0.841. The lowest BCUT2D eigenvalue weighted by Gasteiger charge is -2.33. The van der Waals surface area contributed by atoms with Crippen molar-refractivity contribution in [1.29, 1.82) is 0 Å². The fourth-order valence-corrected chi connectivity index (χ4v) is 3.53. The zero-order chi connectivity index (χ0) is 17.8. The van der Waals surface area contributed by atoms with Crippen LogP contribution in [-0.4, -0.2) is 54.7 Å². The molecule has 1 aromatic rings. The molecule has 2 heterocycles. The lowest BCUT2D eigenvalue weighted by molar-refractivity contribution is -0.130. The van der Waals surface area contributed by atoms with Gasteiger partial charge in [-0.3, -0.25) is 9.59 Å². The number of rotatable bonds is 4. The van der Waals surface area contributed by atoms with Gasteiger partial charge < -0.3 is 9.64 Å². The number of hydrazone groups is 1. The molecule has 2 aliphatic rings. The van der Waals surface area contributed by atoms with Crippen LogP contribution in [0, 0.1) is 5.92 Å². The van der Waals surface area contributed by atoms with Gasteiger partial charge in [0.05, 0.1) is 7.11 Å². The van der Waals surface area contributed by atoms with E-state index in [-0.39, 0.29) is 11.8 Å². The average molecular weight is 343 g/mol. The molecule has 0 spiro atoms. The maximum absolute atomic E-state index is 12.6. The fourth-order valence-electron chi connectivity index (χ4n) is 3.53. The van der Waals surface area contributed by atoms with Crippen LogP contribution >= 0.6 is 0 Å². The van der Waals surface area contributed by atoms with Crippen LogP contribution in [0.3, 0.4) is 0 Å². The van der Waals surface area contributed by atoms with E-state index in [4.69, 9.17) is 4.74 Å². The molecule has 2 amide bonds. The Kier molecular flexibility index (Phi) is 5.36. The molecule has 25 heavy (non-hydrogen) atoms. The Balaban J connectivity index is 1.56. The van der Waals surface area contributed by atoms with E-state index in [9.17, 15) is 9.59 Å². The molecule has 0 bridgehead atoms. The topological polar surface area (TPSA) is 62.2 Å². The molecule has 6 heteroatoms. The first-order valence-corrected chi connectivity index (χ1v) is 8.83. The number of hydrogen-bond donors (Lipinski definition) is 0. The molecule has 0 unspecified atom stereocenters. The van der Waals surface area contributed by atoms with Crippen LogP contribution in [0.5, 0.6) is 5.75 Å². The van der Waals surface area contributed by atoms with Crippen molar-refractivity contribution in [3.63, 3.8) is 0 Å². The first-order chi connectivity index (χ1) is 12.1. The highest BCUT2D eigenvalue weighted by molar-refractivity contribution is 6.39. The van der Waals surface area contributed by atoms with Crippen molar-refractivity contribution in [3.05, 3.63) is 29.8 Å². The number of amides is 2. The average Bonchev–Trinajstić information content (AvgIpc) is 2.64. The summed E-state index contributed by atoms with van der Waals surface area (Å²) in [5.74, 6) is 1.44. The standard InChI is InChI=1S/C19H25N3O3/c1-21-18(23)8-7-16(20-21)19(24)22-11-9-14(10-12-22)13-15-5-3-4-6-17(15)25-2/h3-6,14H,7-13H2,1-2H3. The second-order valence-electron chi connectivity index (χ2n) is 6.72. The molecule has 1 aromatic carbocycles. The molecule has 0 aromatic heterocycles. The highest BCUT2D eigenvalue weighted by Crippen LogP contribution is 2.27. The van der Waals surface area contributed by atoms with Gasteiger partial charge >= 0.3 is 0 Å². The van der Waals surface area contributed by atoms with Crippen molar-refractivity contribution in [3.8, 4) is 5.75 Å². The van der Waals surface area contributed by atoms with Gasteiger partial charge in [0.25, 0.3) is 5.91 Å². The molecule has 0 N–H and O–H groups in total. The summed E-state index contributed by atoms with van der Waals surface area (Å²) in [7, 11) is 3.31. The second kappa shape index (κ2) is 7.68. The third-order valence-electron chi connectivity index (χ3n) is 5.06. The highest BCUT2D eigenvalue weighted by Gasteiger charge is 2.29. The van der Waals surface area contributed by atoms with E-state index < -0.39 is 0 Å². The van der Waals surface area contributed by atoms with Gasteiger partial charge in [-0.05, 0) is 36.8 Å². The molecule has 0 atom stereocenters. The maximum atomic E-state index is 12.6. The summed E-state index contributed by atoms with van der Waals surface area (Å²) in [6.07, 6.45) is 3.75. The van der Waals surface area contributed by atoms with Gasteiger partial charge in [0, 0.05) is 33.0 Å². The van der Waals surface area contributed by atoms with Gasteiger partial charge in [0.2, 0.25) is 5.91 Å². The smallest absolute Gasteiger partial charge is 0.270 e. The Bertz CT molecular complexity index is 678. The van der Waals surface area contributed by atoms with Gasteiger partial charge in [-0.2, -0.15) is 5.10 Å². The van der Waals surface area contributed by atoms with E-state index in [0.717, 1.165) is 38.1 Å². The minimum atomic E-state index is -0.0351. The van der Waals surface area contributed by atoms with E-state index in [1.54, 1.807) is 14.2 Å².